The lowest BCUT2D eigenvalue weighted by Gasteiger charge is -2.21. The Bertz CT molecular complexity index is 395. The lowest BCUT2D eigenvalue weighted by molar-refractivity contribution is 0.339. The van der Waals surface area contributed by atoms with Gasteiger partial charge in [-0.15, -0.1) is 0 Å². The molecular formula is C14H21Br2NOS. The second kappa shape index (κ2) is 7.91. The summed E-state index contributed by atoms with van der Waals surface area (Å²) in [5, 5.41) is 3.48. The molecule has 0 heterocycles. The van der Waals surface area contributed by atoms with Gasteiger partial charge in [-0.3, -0.25) is 0 Å². The SMILES string of the molecule is CSCCOc1c(Br)cc(CNC(C)(C)C)cc1Br. The molecule has 0 spiro atoms. The highest BCUT2D eigenvalue weighted by molar-refractivity contribution is 9.11. The lowest BCUT2D eigenvalue weighted by Crippen LogP contribution is -2.35. The summed E-state index contributed by atoms with van der Waals surface area (Å²) in [7, 11) is 0. The van der Waals surface area contributed by atoms with Gasteiger partial charge in [-0.05, 0) is 76.6 Å². The van der Waals surface area contributed by atoms with Crippen LogP contribution in [0.25, 0.3) is 0 Å². The highest BCUT2D eigenvalue weighted by atomic mass is 79.9. The molecule has 1 aromatic carbocycles. The minimum absolute atomic E-state index is 0.118. The third kappa shape index (κ3) is 6.52. The molecule has 108 valence electrons. The fraction of sp³-hybridized carbons (Fsp3) is 0.571. The monoisotopic (exact) mass is 409 g/mol. The number of halogens is 2. The van der Waals surface area contributed by atoms with E-state index >= 15 is 0 Å². The second-order valence-electron chi connectivity index (χ2n) is 5.33. The summed E-state index contributed by atoms with van der Waals surface area (Å²) in [6.45, 7) is 8.05. The lowest BCUT2D eigenvalue weighted by atomic mass is 10.1. The van der Waals surface area contributed by atoms with Gasteiger partial charge in [0, 0.05) is 17.8 Å². The minimum atomic E-state index is 0.118. The Hall–Kier alpha value is 0.290. The van der Waals surface area contributed by atoms with Gasteiger partial charge in [-0.2, -0.15) is 11.8 Å². The molecule has 0 amide bonds. The summed E-state index contributed by atoms with van der Waals surface area (Å²) < 4.78 is 7.76. The summed E-state index contributed by atoms with van der Waals surface area (Å²) in [5.41, 5.74) is 1.35. The zero-order chi connectivity index (χ0) is 14.5. The molecule has 0 bridgehead atoms. The smallest absolute Gasteiger partial charge is 0.147 e. The molecule has 0 atom stereocenters. The summed E-state index contributed by atoms with van der Waals surface area (Å²) in [5.74, 6) is 1.88. The van der Waals surface area contributed by atoms with E-state index in [1.54, 1.807) is 11.8 Å². The average molecular weight is 411 g/mol. The Morgan fingerprint density at radius 3 is 2.26 bits per heavy atom. The molecule has 0 aliphatic rings. The molecule has 0 aliphatic heterocycles. The summed E-state index contributed by atoms with van der Waals surface area (Å²) >= 11 is 8.94. The Labute approximate surface area is 137 Å². The Balaban J connectivity index is 2.73. The van der Waals surface area contributed by atoms with Gasteiger partial charge in [0.05, 0.1) is 15.6 Å². The number of thioether (sulfide) groups is 1. The normalized spacial score (nSPS) is 11.7. The van der Waals surface area contributed by atoms with E-state index in [0.29, 0.717) is 0 Å². The van der Waals surface area contributed by atoms with Crippen molar-refractivity contribution in [3.05, 3.63) is 26.6 Å². The third-order valence-electron chi connectivity index (χ3n) is 2.41. The minimum Gasteiger partial charge on any atom is -0.490 e. The van der Waals surface area contributed by atoms with Gasteiger partial charge in [-0.25, -0.2) is 0 Å². The topological polar surface area (TPSA) is 21.3 Å². The van der Waals surface area contributed by atoms with Gasteiger partial charge in [0.2, 0.25) is 0 Å². The largest absolute Gasteiger partial charge is 0.490 e. The maximum atomic E-state index is 5.77. The molecule has 0 unspecified atom stereocenters. The number of benzene rings is 1. The van der Waals surface area contributed by atoms with Crippen molar-refractivity contribution in [3.63, 3.8) is 0 Å². The predicted octanol–water partition coefficient (Wildman–Crippen LogP) is 4.84. The van der Waals surface area contributed by atoms with Gasteiger partial charge in [0.25, 0.3) is 0 Å². The maximum Gasteiger partial charge on any atom is 0.147 e. The molecule has 19 heavy (non-hydrogen) atoms. The predicted molar refractivity (Wildman–Crippen MR) is 92.3 cm³/mol. The van der Waals surface area contributed by atoms with Gasteiger partial charge in [0.1, 0.15) is 5.75 Å². The molecule has 0 radical (unpaired) electrons. The first kappa shape index (κ1) is 17.3. The van der Waals surface area contributed by atoms with Crippen LogP contribution in [-0.4, -0.2) is 24.2 Å². The van der Waals surface area contributed by atoms with E-state index in [-0.39, 0.29) is 5.54 Å². The van der Waals surface area contributed by atoms with Crippen LogP contribution in [0.15, 0.2) is 21.1 Å². The van der Waals surface area contributed by atoms with E-state index in [1.807, 2.05) is 0 Å². The van der Waals surface area contributed by atoms with Gasteiger partial charge in [0.15, 0.2) is 0 Å². The highest BCUT2D eigenvalue weighted by Crippen LogP contribution is 2.35. The van der Waals surface area contributed by atoms with Crippen LogP contribution in [0.1, 0.15) is 26.3 Å². The molecule has 5 heteroatoms. The van der Waals surface area contributed by atoms with Crippen LogP contribution in [0.2, 0.25) is 0 Å². The van der Waals surface area contributed by atoms with Crippen molar-refractivity contribution in [1.82, 2.24) is 5.32 Å². The van der Waals surface area contributed by atoms with Crippen molar-refractivity contribution in [2.24, 2.45) is 0 Å². The van der Waals surface area contributed by atoms with Crippen molar-refractivity contribution in [1.29, 1.82) is 0 Å². The summed E-state index contributed by atoms with van der Waals surface area (Å²) in [6, 6.07) is 4.22. The van der Waals surface area contributed by atoms with Gasteiger partial charge >= 0.3 is 0 Å². The number of nitrogens with one attached hydrogen (secondary N) is 1. The molecule has 2 nitrogen and oxygen atoms in total. The van der Waals surface area contributed by atoms with E-state index in [2.05, 4.69) is 76.3 Å². The quantitative estimate of drug-likeness (QED) is 0.677. The van der Waals surface area contributed by atoms with E-state index in [4.69, 9.17) is 4.74 Å². The van der Waals surface area contributed by atoms with Crippen molar-refractivity contribution in [2.45, 2.75) is 32.9 Å². The molecule has 0 saturated carbocycles. The molecular weight excluding hydrogens is 390 g/mol. The summed E-state index contributed by atoms with van der Waals surface area (Å²) in [4.78, 5) is 0. The van der Waals surface area contributed by atoms with Crippen LogP contribution >= 0.6 is 43.6 Å². The standard InChI is InChI=1S/C14H21Br2NOS/c1-14(2,3)17-9-10-7-11(15)13(12(16)8-10)18-5-6-19-4/h7-8,17H,5-6,9H2,1-4H3. The first-order chi connectivity index (χ1) is 8.83. The Morgan fingerprint density at radius 1 is 1.21 bits per heavy atom. The molecule has 1 aromatic rings. The Kier molecular flexibility index (Phi) is 7.22. The fourth-order valence-electron chi connectivity index (χ4n) is 1.45. The Morgan fingerprint density at radius 2 is 1.79 bits per heavy atom. The number of ether oxygens (including phenoxy) is 1. The van der Waals surface area contributed by atoms with Crippen LogP contribution in [0.5, 0.6) is 5.75 Å². The van der Waals surface area contributed by atoms with Crippen molar-refractivity contribution in [2.75, 3.05) is 18.6 Å². The first-order valence-electron chi connectivity index (χ1n) is 6.18. The summed E-state index contributed by atoms with van der Waals surface area (Å²) in [6.07, 6.45) is 2.08. The molecule has 1 N–H and O–H groups in total. The zero-order valence-corrected chi connectivity index (χ0v) is 15.8. The molecule has 0 saturated heterocycles. The highest BCUT2D eigenvalue weighted by Gasteiger charge is 2.12. The van der Waals surface area contributed by atoms with Crippen LogP contribution in [0.4, 0.5) is 0 Å². The van der Waals surface area contributed by atoms with E-state index < -0.39 is 0 Å². The van der Waals surface area contributed by atoms with Gasteiger partial charge in [-0.1, -0.05) is 0 Å². The van der Waals surface area contributed by atoms with Crippen molar-refractivity contribution < 1.29 is 4.74 Å². The van der Waals surface area contributed by atoms with Crippen LogP contribution in [0, 0.1) is 0 Å². The van der Waals surface area contributed by atoms with E-state index in [9.17, 15) is 0 Å². The van der Waals surface area contributed by atoms with E-state index in [0.717, 1.165) is 33.6 Å². The number of hydrogen-bond acceptors (Lipinski definition) is 3. The molecule has 0 fully saturated rings. The van der Waals surface area contributed by atoms with Gasteiger partial charge < -0.3 is 10.1 Å². The van der Waals surface area contributed by atoms with Crippen LogP contribution in [-0.2, 0) is 6.54 Å². The first-order valence-corrected chi connectivity index (χ1v) is 9.16. The van der Waals surface area contributed by atoms with E-state index in [1.165, 1.54) is 5.56 Å². The van der Waals surface area contributed by atoms with Crippen LogP contribution in [0.3, 0.4) is 0 Å². The van der Waals surface area contributed by atoms with Crippen LogP contribution < -0.4 is 10.1 Å². The maximum absolute atomic E-state index is 5.77. The fourth-order valence-corrected chi connectivity index (χ4v) is 3.21. The molecule has 1 rings (SSSR count). The number of hydrogen-bond donors (Lipinski definition) is 1. The third-order valence-corrected chi connectivity index (χ3v) is 4.17. The molecule has 0 aliphatic carbocycles. The zero-order valence-electron chi connectivity index (χ0n) is 11.8. The number of rotatable bonds is 6. The molecule has 0 aromatic heterocycles. The van der Waals surface area contributed by atoms with Crippen molar-refractivity contribution >= 4 is 43.6 Å². The van der Waals surface area contributed by atoms with Crippen molar-refractivity contribution in [3.8, 4) is 5.75 Å². The average Bonchev–Trinajstić information content (AvgIpc) is 2.29. The second-order valence-corrected chi connectivity index (χ2v) is 8.03.